The Labute approximate surface area is 173 Å². The molecule has 4 rings (SSSR count). The molecule has 0 fully saturated rings. The van der Waals surface area contributed by atoms with E-state index >= 15 is 0 Å². The Hall–Kier alpha value is -2.53. The molecule has 0 atom stereocenters. The molecule has 1 heterocycles. The summed E-state index contributed by atoms with van der Waals surface area (Å²) in [5.41, 5.74) is 4.12. The first-order valence-corrected chi connectivity index (χ1v) is 9.60. The molecular weight excluding hydrogens is 395 g/mol. The maximum atomic E-state index is 6.22. The van der Waals surface area contributed by atoms with Gasteiger partial charge in [-0.25, -0.2) is 4.99 Å². The smallest absolute Gasteiger partial charge is 0.198 e. The lowest BCUT2D eigenvalue weighted by atomic mass is 10.0. The van der Waals surface area contributed by atoms with Crippen LogP contribution >= 0.6 is 23.2 Å². The second-order valence-corrected chi connectivity index (χ2v) is 7.21. The van der Waals surface area contributed by atoms with Crippen molar-refractivity contribution in [1.82, 2.24) is 5.06 Å². The third-order valence-corrected chi connectivity index (χ3v) is 5.12. The molecule has 0 aliphatic carbocycles. The van der Waals surface area contributed by atoms with E-state index in [1.807, 2.05) is 42.5 Å². The van der Waals surface area contributed by atoms with Crippen molar-refractivity contribution in [1.29, 1.82) is 0 Å². The summed E-state index contributed by atoms with van der Waals surface area (Å²) in [5, 5.41) is 3.00. The van der Waals surface area contributed by atoms with E-state index in [9.17, 15) is 0 Å². The first-order chi connectivity index (χ1) is 13.7. The summed E-state index contributed by atoms with van der Waals surface area (Å²) in [5.74, 6) is 0.759. The fourth-order valence-electron chi connectivity index (χ4n) is 2.99. The maximum Gasteiger partial charge on any atom is 0.198 e. The van der Waals surface area contributed by atoms with Gasteiger partial charge in [0.15, 0.2) is 6.40 Å². The highest BCUT2D eigenvalue weighted by molar-refractivity contribution is 6.35. The van der Waals surface area contributed by atoms with Gasteiger partial charge in [-0.15, -0.1) is 5.06 Å². The van der Waals surface area contributed by atoms with E-state index in [1.165, 1.54) is 6.40 Å². The van der Waals surface area contributed by atoms with Crippen LogP contribution in [0.3, 0.4) is 0 Å². The molecular formula is C22H18Cl2N2O2. The number of hydroxylamine groups is 2. The fourth-order valence-corrected chi connectivity index (χ4v) is 3.50. The molecule has 0 bridgehead atoms. The molecule has 0 saturated heterocycles. The van der Waals surface area contributed by atoms with Gasteiger partial charge < -0.3 is 9.57 Å². The topological polar surface area (TPSA) is 34.1 Å². The van der Waals surface area contributed by atoms with Gasteiger partial charge in [0.1, 0.15) is 19.0 Å². The van der Waals surface area contributed by atoms with Gasteiger partial charge in [-0.3, -0.25) is 0 Å². The van der Waals surface area contributed by atoms with Crippen LogP contribution in [0.2, 0.25) is 10.0 Å². The van der Waals surface area contributed by atoms with Crippen molar-refractivity contribution in [2.24, 2.45) is 4.99 Å². The molecule has 0 spiro atoms. The minimum Gasteiger partial charge on any atom is -0.489 e. The summed E-state index contributed by atoms with van der Waals surface area (Å²) < 4.78 is 5.94. The molecule has 0 N–H and O–H groups in total. The molecule has 0 radical (unpaired) electrons. The zero-order valence-corrected chi connectivity index (χ0v) is 16.5. The summed E-state index contributed by atoms with van der Waals surface area (Å²) in [4.78, 5) is 9.37. The van der Waals surface area contributed by atoms with Gasteiger partial charge in [0.25, 0.3) is 0 Å². The summed E-state index contributed by atoms with van der Waals surface area (Å²) in [6.45, 7) is 1.54. The van der Waals surface area contributed by atoms with Crippen LogP contribution in [0.15, 0.2) is 71.7 Å². The molecule has 0 saturated carbocycles. The van der Waals surface area contributed by atoms with Crippen molar-refractivity contribution >= 4 is 29.6 Å². The summed E-state index contributed by atoms with van der Waals surface area (Å²) in [6, 6.07) is 21.7. The minimum atomic E-state index is 0.314. The number of hydrogen-bond acceptors (Lipinski definition) is 4. The van der Waals surface area contributed by atoms with Gasteiger partial charge >= 0.3 is 0 Å². The third kappa shape index (κ3) is 4.47. The van der Waals surface area contributed by atoms with Gasteiger partial charge in [-0.05, 0) is 47.0 Å². The zero-order valence-electron chi connectivity index (χ0n) is 15.0. The SMILES string of the molecule is Clc1cccc(Cl)c1COc1cccc(-c2cccc(CN3CN=CO3)c2)c1. The monoisotopic (exact) mass is 412 g/mol. The molecule has 0 amide bonds. The number of aliphatic imine (C=N–C) groups is 1. The van der Waals surface area contributed by atoms with E-state index < -0.39 is 0 Å². The van der Waals surface area contributed by atoms with E-state index in [4.69, 9.17) is 32.8 Å². The Morgan fingerprint density at radius 2 is 1.64 bits per heavy atom. The molecule has 142 valence electrons. The quantitative estimate of drug-likeness (QED) is 0.499. The van der Waals surface area contributed by atoms with E-state index in [-0.39, 0.29) is 0 Å². The average Bonchev–Trinajstić information content (AvgIpc) is 3.21. The highest BCUT2D eigenvalue weighted by Gasteiger charge is 2.11. The van der Waals surface area contributed by atoms with Crippen molar-refractivity contribution in [3.8, 4) is 16.9 Å². The number of nitrogens with zero attached hydrogens (tertiary/aromatic N) is 2. The maximum absolute atomic E-state index is 6.22. The van der Waals surface area contributed by atoms with E-state index in [0.29, 0.717) is 29.9 Å². The number of ether oxygens (including phenoxy) is 1. The Balaban J connectivity index is 1.49. The molecule has 3 aromatic carbocycles. The lowest BCUT2D eigenvalue weighted by Crippen LogP contribution is -2.17. The average molecular weight is 413 g/mol. The molecule has 1 aliphatic rings. The highest BCUT2D eigenvalue weighted by Crippen LogP contribution is 2.28. The van der Waals surface area contributed by atoms with Crippen molar-refractivity contribution in [3.63, 3.8) is 0 Å². The van der Waals surface area contributed by atoms with Gasteiger partial charge in [0, 0.05) is 15.6 Å². The van der Waals surface area contributed by atoms with Crippen LogP contribution < -0.4 is 4.74 Å². The minimum absolute atomic E-state index is 0.314. The van der Waals surface area contributed by atoms with Crippen molar-refractivity contribution < 1.29 is 9.57 Å². The normalized spacial score (nSPS) is 13.5. The Morgan fingerprint density at radius 3 is 2.39 bits per heavy atom. The molecule has 6 heteroatoms. The van der Waals surface area contributed by atoms with Gasteiger partial charge in [-0.2, -0.15) is 0 Å². The van der Waals surface area contributed by atoms with Gasteiger partial charge in [0.2, 0.25) is 0 Å². The Bertz CT molecular complexity index is 979. The second-order valence-electron chi connectivity index (χ2n) is 6.39. The van der Waals surface area contributed by atoms with E-state index in [1.54, 1.807) is 5.06 Å². The van der Waals surface area contributed by atoms with Crippen molar-refractivity contribution in [3.05, 3.63) is 87.9 Å². The van der Waals surface area contributed by atoms with Crippen LogP contribution in [0.4, 0.5) is 0 Å². The predicted octanol–water partition coefficient (Wildman–Crippen LogP) is 5.97. The standard InChI is InChI=1S/C22H18Cl2N2O2/c23-21-8-3-9-22(24)20(21)13-27-19-7-2-6-18(11-19)17-5-1-4-16(10-17)12-26-14-25-15-28-26/h1-11,15H,12-14H2. The van der Waals surface area contributed by atoms with E-state index in [0.717, 1.165) is 28.0 Å². The van der Waals surface area contributed by atoms with Crippen LogP contribution in [0.5, 0.6) is 5.75 Å². The van der Waals surface area contributed by atoms with Crippen LogP contribution in [-0.4, -0.2) is 18.1 Å². The van der Waals surface area contributed by atoms with Crippen LogP contribution in [0.1, 0.15) is 11.1 Å². The van der Waals surface area contributed by atoms with Crippen LogP contribution in [0.25, 0.3) is 11.1 Å². The molecule has 3 aromatic rings. The first-order valence-electron chi connectivity index (χ1n) is 8.84. The molecule has 0 aromatic heterocycles. The zero-order chi connectivity index (χ0) is 19.3. The second kappa shape index (κ2) is 8.65. The molecule has 0 unspecified atom stereocenters. The number of hydrogen-bond donors (Lipinski definition) is 0. The largest absolute Gasteiger partial charge is 0.489 e. The van der Waals surface area contributed by atoms with Crippen LogP contribution in [-0.2, 0) is 18.0 Å². The van der Waals surface area contributed by atoms with Crippen molar-refractivity contribution in [2.75, 3.05) is 6.67 Å². The molecule has 1 aliphatic heterocycles. The predicted molar refractivity (Wildman–Crippen MR) is 113 cm³/mol. The fraction of sp³-hybridized carbons (Fsp3) is 0.136. The molecule has 4 nitrogen and oxygen atoms in total. The van der Waals surface area contributed by atoms with Gasteiger partial charge in [0.05, 0.1) is 6.54 Å². The highest BCUT2D eigenvalue weighted by atomic mass is 35.5. The number of benzene rings is 3. The van der Waals surface area contributed by atoms with Crippen LogP contribution in [0, 0.1) is 0 Å². The lowest BCUT2D eigenvalue weighted by Gasteiger charge is -2.14. The summed E-state index contributed by atoms with van der Waals surface area (Å²) >= 11 is 12.4. The third-order valence-electron chi connectivity index (χ3n) is 4.41. The lowest BCUT2D eigenvalue weighted by molar-refractivity contribution is -0.0518. The first kappa shape index (κ1) is 18.8. The Morgan fingerprint density at radius 1 is 0.929 bits per heavy atom. The van der Waals surface area contributed by atoms with E-state index in [2.05, 4.69) is 29.3 Å². The summed E-state index contributed by atoms with van der Waals surface area (Å²) in [7, 11) is 0. The summed E-state index contributed by atoms with van der Waals surface area (Å²) in [6.07, 6.45) is 1.47. The molecule has 28 heavy (non-hydrogen) atoms. The number of rotatable bonds is 6. The Kier molecular flexibility index (Phi) is 5.81. The number of halogens is 2. The van der Waals surface area contributed by atoms with Gasteiger partial charge in [-0.1, -0.05) is 59.6 Å². The van der Waals surface area contributed by atoms with Crippen molar-refractivity contribution in [2.45, 2.75) is 13.2 Å².